The fourth-order valence-corrected chi connectivity index (χ4v) is 3.55. The minimum Gasteiger partial charge on any atom is -0.312 e. The van der Waals surface area contributed by atoms with Crippen LogP contribution in [0.2, 0.25) is 0 Å². The van der Waals surface area contributed by atoms with Gasteiger partial charge in [0.1, 0.15) is 0 Å². The first-order valence-electron chi connectivity index (χ1n) is 7.74. The molecule has 0 saturated heterocycles. The van der Waals surface area contributed by atoms with E-state index in [4.69, 9.17) is 0 Å². The van der Waals surface area contributed by atoms with E-state index >= 15 is 0 Å². The highest BCUT2D eigenvalue weighted by molar-refractivity contribution is 7.84. The molecule has 8 heteroatoms. The molecular formula is C16H18N6OS. The average molecular weight is 342 g/mol. The van der Waals surface area contributed by atoms with Gasteiger partial charge in [0.2, 0.25) is 0 Å². The summed E-state index contributed by atoms with van der Waals surface area (Å²) in [5.74, 6) is 0. The van der Waals surface area contributed by atoms with Crippen LogP contribution >= 0.6 is 0 Å². The monoisotopic (exact) mass is 342 g/mol. The van der Waals surface area contributed by atoms with Crippen molar-refractivity contribution in [2.75, 3.05) is 19.3 Å². The summed E-state index contributed by atoms with van der Waals surface area (Å²) in [6.45, 7) is 1.75. The van der Waals surface area contributed by atoms with Gasteiger partial charge >= 0.3 is 0 Å². The lowest BCUT2D eigenvalue weighted by molar-refractivity contribution is 0.683. The van der Waals surface area contributed by atoms with E-state index in [1.165, 1.54) is 0 Å². The van der Waals surface area contributed by atoms with Gasteiger partial charge < -0.3 is 5.32 Å². The molecule has 0 saturated carbocycles. The van der Waals surface area contributed by atoms with Gasteiger partial charge in [0.15, 0.2) is 10.7 Å². The molecule has 0 aromatic carbocycles. The van der Waals surface area contributed by atoms with Gasteiger partial charge in [0, 0.05) is 37.8 Å². The maximum Gasteiger partial charge on any atom is 0.172 e. The van der Waals surface area contributed by atoms with Crippen molar-refractivity contribution in [3.8, 4) is 11.3 Å². The van der Waals surface area contributed by atoms with Crippen molar-refractivity contribution in [3.63, 3.8) is 0 Å². The lowest BCUT2D eigenvalue weighted by Gasteiger charge is -2.15. The third-order valence-corrected chi connectivity index (χ3v) is 4.91. The number of imidazole rings is 1. The summed E-state index contributed by atoms with van der Waals surface area (Å²) in [5, 5.41) is 8.09. The number of nitrogens with one attached hydrogen (secondary N) is 1. The van der Waals surface area contributed by atoms with E-state index in [0.29, 0.717) is 10.7 Å². The molecule has 0 amide bonds. The van der Waals surface area contributed by atoms with Crippen LogP contribution in [-0.2, 0) is 17.8 Å². The van der Waals surface area contributed by atoms with Crippen LogP contribution in [0.5, 0.6) is 0 Å². The topological polar surface area (TPSA) is 77.1 Å². The predicted octanol–water partition coefficient (Wildman–Crippen LogP) is 1.24. The van der Waals surface area contributed by atoms with Crippen LogP contribution in [0.4, 0.5) is 0 Å². The third-order valence-electron chi connectivity index (χ3n) is 4.09. The van der Waals surface area contributed by atoms with Crippen LogP contribution in [0.1, 0.15) is 12.1 Å². The first-order chi connectivity index (χ1) is 11.6. The van der Waals surface area contributed by atoms with Gasteiger partial charge in [-0.05, 0) is 18.5 Å². The van der Waals surface area contributed by atoms with Crippen molar-refractivity contribution in [2.45, 2.75) is 11.4 Å². The van der Waals surface area contributed by atoms with Gasteiger partial charge in [-0.3, -0.25) is 13.3 Å². The van der Waals surface area contributed by atoms with Gasteiger partial charge in [0.05, 0.1) is 34.6 Å². The number of hydrogen-bond acceptors (Lipinski definition) is 5. The molecule has 1 atom stereocenters. The molecule has 0 spiro atoms. The number of aromatic nitrogens is 5. The van der Waals surface area contributed by atoms with Gasteiger partial charge in [-0.1, -0.05) is 6.08 Å². The summed E-state index contributed by atoms with van der Waals surface area (Å²) in [7, 11) is 0.661. The van der Waals surface area contributed by atoms with Crippen molar-refractivity contribution < 1.29 is 4.21 Å². The molecule has 1 aliphatic rings. The summed E-state index contributed by atoms with van der Waals surface area (Å²) >= 11 is 0. The van der Waals surface area contributed by atoms with E-state index in [0.717, 1.165) is 42.0 Å². The third kappa shape index (κ3) is 2.57. The molecule has 1 unspecified atom stereocenters. The smallest absolute Gasteiger partial charge is 0.172 e. The second kappa shape index (κ2) is 5.95. The second-order valence-electron chi connectivity index (χ2n) is 5.82. The lowest BCUT2D eigenvalue weighted by atomic mass is 10.1. The van der Waals surface area contributed by atoms with Gasteiger partial charge in [-0.15, -0.1) is 0 Å². The summed E-state index contributed by atoms with van der Waals surface area (Å²) in [6.07, 6.45) is 12.3. The quantitative estimate of drug-likeness (QED) is 0.775. The zero-order valence-electron chi connectivity index (χ0n) is 13.6. The first kappa shape index (κ1) is 15.2. The van der Waals surface area contributed by atoms with Crippen LogP contribution in [0.3, 0.4) is 0 Å². The summed E-state index contributed by atoms with van der Waals surface area (Å²) < 4.78 is 15.9. The zero-order chi connectivity index (χ0) is 16.7. The Balaban J connectivity index is 1.95. The van der Waals surface area contributed by atoms with Crippen molar-refractivity contribution in [1.82, 2.24) is 29.5 Å². The van der Waals surface area contributed by atoms with E-state index in [9.17, 15) is 4.21 Å². The number of aryl methyl sites for hydroxylation is 1. The number of hydrogen-bond donors (Lipinski definition) is 1. The standard InChI is InChI=1S/C16H18N6OS/c1-21-9-12(7-19-21)14-8-18-15-16(24(2)23)20-13(10-22(14)15)11-4-3-5-17-6-11/h4,7-10,17H,3,5-6H2,1-2H3. The average Bonchev–Trinajstić information content (AvgIpc) is 3.20. The Morgan fingerprint density at radius 1 is 1.29 bits per heavy atom. The number of rotatable bonds is 3. The molecule has 7 nitrogen and oxygen atoms in total. The lowest BCUT2D eigenvalue weighted by Crippen LogP contribution is -2.22. The van der Waals surface area contributed by atoms with Crippen molar-refractivity contribution in [2.24, 2.45) is 7.05 Å². The van der Waals surface area contributed by atoms with Crippen LogP contribution < -0.4 is 5.32 Å². The van der Waals surface area contributed by atoms with Crippen LogP contribution in [0.25, 0.3) is 22.5 Å². The van der Waals surface area contributed by atoms with Gasteiger partial charge in [-0.2, -0.15) is 5.10 Å². The summed E-state index contributed by atoms with van der Waals surface area (Å²) in [5.41, 5.74) is 4.47. The molecule has 1 N–H and O–H groups in total. The van der Waals surface area contributed by atoms with Crippen molar-refractivity contribution >= 4 is 22.0 Å². The number of nitrogens with zero attached hydrogens (tertiary/aromatic N) is 5. The molecule has 124 valence electrons. The number of fused-ring (bicyclic) bond motifs is 1. The molecule has 0 fully saturated rings. The fourth-order valence-electron chi connectivity index (χ4n) is 2.91. The molecule has 0 aliphatic carbocycles. The highest BCUT2D eigenvalue weighted by Crippen LogP contribution is 2.25. The molecule has 3 aromatic rings. The van der Waals surface area contributed by atoms with Gasteiger partial charge in [-0.25, -0.2) is 9.97 Å². The van der Waals surface area contributed by atoms with E-state index in [-0.39, 0.29) is 0 Å². The maximum atomic E-state index is 12.2. The Morgan fingerprint density at radius 2 is 2.17 bits per heavy atom. The maximum absolute atomic E-state index is 12.2. The fraction of sp³-hybridized carbons (Fsp3) is 0.312. The molecule has 4 rings (SSSR count). The Hall–Kier alpha value is -2.32. The Kier molecular flexibility index (Phi) is 3.78. The highest BCUT2D eigenvalue weighted by atomic mass is 32.2. The Labute approximate surface area is 141 Å². The first-order valence-corrected chi connectivity index (χ1v) is 9.30. The van der Waals surface area contributed by atoms with E-state index in [1.54, 1.807) is 23.3 Å². The molecule has 3 aromatic heterocycles. The SMILES string of the molecule is Cn1cc(-c2cnc3c(S(C)=O)nc(C4=CCCNC4)cn23)cn1. The largest absolute Gasteiger partial charge is 0.312 e. The minimum atomic E-state index is -1.22. The van der Waals surface area contributed by atoms with Crippen LogP contribution in [-0.4, -0.2) is 47.7 Å². The Bertz CT molecular complexity index is 970. The van der Waals surface area contributed by atoms with Crippen LogP contribution in [0.15, 0.2) is 35.9 Å². The molecule has 1 aliphatic heterocycles. The van der Waals surface area contributed by atoms with Gasteiger partial charge in [0.25, 0.3) is 0 Å². The molecule has 4 heterocycles. The molecule has 0 radical (unpaired) electrons. The summed E-state index contributed by atoms with van der Waals surface area (Å²) in [6, 6.07) is 0. The summed E-state index contributed by atoms with van der Waals surface area (Å²) in [4.78, 5) is 9.07. The molecule has 24 heavy (non-hydrogen) atoms. The van der Waals surface area contributed by atoms with Crippen molar-refractivity contribution in [3.05, 3.63) is 36.6 Å². The van der Waals surface area contributed by atoms with E-state index in [2.05, 4.69) is 26.5 Å². The normalized spacial score (nSPS) is 16.3. The minimum absolute atomic E-state index is 0.508. The predicted molar refractivity (Wildman–Crippen MR) is 93.0 cm³/mol. The Morgan fingerprint density at radius 3 is 2.83 bits per heavy atom. The van der Waals surface area contributed by atoms with Crippen molar-refractivity contribution in [1.29, 1.82) is 0 Å². The molecular weight excluding hydrogens is 324 g/mol. The van der Waals surface area contributed by atoms with E-state index < -0.39 is 10.8 Å². The molecule has 0 bridgehead atoms. The highest BCUT2D eigenvalue weighted by Gasteiger charge is 2.18. The second-order valence-corrected chi connectivity index (χ2v) is 7.11. The van der Waals surface area contributed by atoms with Crippen LogP contribution in [0, 0.1) is 0 Å². The zero-order valence-corrected chi connectivity index (χ0v) is 14.4. The van der Waals surface area contributed by atoms with E-state index in [1.807, 2.05) is 23.8 Å².